The van der Waals surface area contributed by atoms with E-state index >= 15 is 0 Å². The molecule has 0 spiro atoms. The molecule has 1 aliphatic carbocycles. The number of nitrogens with two attached hydrogens (primary N) is 1. The first kappa shape index (κ1) is 22.9. The second-order valence-corrected chi connectivity index (χ2v) is 7.91. The lowest BCUT2D eigenvalue weighted by Gasteiger charge is -2.20. The van der Waals surface area contributed by atoms with Crippen molar-refractivity contribution in [2.24, 2.45) is 5.73 Å². The van der Waals surface area contributed by atoms with Crippen LogP contribution in [0.2, 0.25) is 0 Å². The van der Waals surface area contributed by atoms with E-state index in [0.717, 1.165) is 25.7 Å². The van der Waals surface area contributed by atoms with Crippen LogP contribution in [0.3, 0.4) is 0 Å². The summed E-state index contributed by atoms with van der Waals surface area (Å²) in [7, 11) is -3.64. The van der Waals surface area contributed by atoms with Gasteiger partial charge in [0.1, 0.15) is 6.10 Å². The molecule has 0 heterocycles. The molecule has 2 rings (SSSR count). The first-order valence-corrected chi connectivity index (χ1v) is 10.2. The number of halogens is 1. The number of nitrogens with one attached hydrogen (secondary N) is 2. The van der Waals surface area contributed by atoms with Crippen LogP contribution >= 0.6 is 12.4 Å². The summed E-state index contributed by atoms with van der Waals surface area (Å²) in [5.41, 5.74) is 5.75. The fourth-order valence-corrected chi connectivity index (χ4v) is 3.93. The summed E-state index contributed by atoms with van der Waals surface area (Å²) in [5.74, 6) is -0.251. The van der Waals surface area contributed by atoms with E-state index in [1.807, 2.05) is 6.92 Å². The smallest absolute Gasteiger partial charge is 0.253 e. The Morgan fingerprint density at radius 1 is 1.35 bits per heavy atom. The number of hydrogen-bond donors (Lipinski definition) is 3. The number of amides is 1. The first-order chi connectivity index (χ1) is 12.0. The van der Waals surface area contributed by atoms with E-state index in [1.165, 1.54) is 12.1 Å². The van der Waals surface area contributed by atoms with Gasteiger partial charge in [0.05, 0.1) is 11.0 Å². The SMILES string of the molecule is CCC(OC1CCCC1)C(=O)Nc1cccc(S(=O)(=O)NCCN)c1.Cl. The van der Waals surface area contributed by atoms with Crippen LogP contribution in [-0.4, -0.2) is 39.6 Å². The number of hydrogen-bond acceptors (Lipinski definition) is 5. The third kappa shape index (κ3) is 6.51. The molecular formula is C17H28ClN3O4S. The zero-order chi connectivity index (χ0) is 18.3. The number of carbonyl (C=O) groups excluding carboxylic acids is 1. The molecule has 1 atom stereocenters. The molecule has 0 aliphatic heterocycles. The Balaban J connectivity index is 0.00000338. The standard InChI is InChI=1S/C17H27N3O4S.ClH/c1-2-16(24-14-7-3-4-8-14)17(21)20-13-6-5-9-15(12-13)25(22,23)19-11-10-18;/h5-6,9,12,14,16,19H,2-4,7-8,10-11,18H2,1H3,(H,20,21);1H. The van der Waals surface area contributed by atoms with Crippen LogP contribution in [0.25, 0.3) is 0 Å². The normalized spacial score (nSPS) is 16.1. The molecule has 1 aromatic carbocycles. The summed E-state index contributed by atoms with van der Waals surface area (Å²) in [5, 5.41) is 2.75. The third-order valence-electron chi connectivity index (χ3n) is 4.17. The molecule has 1 aromatic rings. The highest BCUT2D eigenvalue weighted by Crippen LogP contribution is 2.23. The molecule has 7 nitrogen and oxygen atoms in total. The van der Waals surface area contributed by atoms with E-state index in [9.17, 15) is 13.2 Å². The summed E-state index contributed by atoms with van der Waals surface area (Å²) in [6.07, 6.45) is 4.44. The molecule has 148 valence electrons. The van der Waals surface area contributed by atoms with Gasteiger partial charge in [-0.1, -0.05) is 25.8 Å². The van der Waals surface area contributed by atoms with Crippen molar-refractivity contribution in [3.63, 3.8) is 0 Å². The van der Waals surface area contributed by atoms with E-state index in [1.54, 1.807) is 12.1 Å². The summed E-state index contributed by atoms with van der Waals surface area (Å²) in [6.45, 7) is 2.27. The van der Waals surface area contributed by atoms with Crippen molar-refractivity contribution in [1.29, 1.82) is 0 Å². The molecule has 26 heavy (non-hydrogen) atoms. The van der Waals surface area contributed by atoms with Crippen LogP contribution < -0.4 is 15.8 Å². The predicted octanol–water partition coefficient (Wildman–Crippen LogP) is 2.02. The Bertz CT molecular complexity index is 678. The minimum absolute atomic E-state index is 0. The minimum atomic E-state index is -3.64. The molecule has 0 bridgehead atoms. The number of anilines is 1. The third-order valence-corrected chi connectivity index (χ3v) is 5.63. The highest BCUT2D eigenvalue weighted by molar-refractivity contribution is 7.89. The molecule has 1 amide bonds. The van der Waals surface area contributed by atoms with Crippen LogP contribution in [0.15, 0.2) is 29.2 Å². The zero-order valence-corrected chi connectivity index (χ0v) is 16.6. The van der Waals surface area contributed by atoms with Crippen molar-refractivity contribution >= 4 is 34.0 Å². The van der Waals surface area contributed by atoms with Crippen molar-refractivity contribution in [2.45, 2.75) is 56.1 Å². The van der Waals surface area contributed by atoms with Gasteiger partial charge in [-0.15, -0.1) is 12.4 Å². The maximum Gasteiger partial charge on any atom is 0.253 e. The number of rotatable bonds is 9. The molecule has 0 aromatic heterocycles. The van der Waals surface area contributed by atoms with Gasteiger partial charge in [0.15, 0.2) is 0 Å². The van der Waals surface area contributed by atoms with E-state index in [0.29, 0.717) is 12.1 Å². The molecule has 1 unspecified atom stereocenters. The fourth-order valence-electron chi connectivity index (χ4n) is 2.84. The van der Waals surface area contributed by atoms with E-state index in [2.05, 4.69) is 10.0 Å². The molecule has 9 heteroatoms. The van der Waals surface area contributed by atoms with E-state index in [-0.39, 0.29) is 42.4 Å². The Hall–Kier alpha value is -1.19. The van der Waals surface area contributed by atoms with Gasteiger partial charge >= 0.3 is 0 Å². The quantitative estimate of drug-likeness (QED) is 0.582. The average molecular weight is 406 g/mol. The maximum atomic E-state index is 12.4. The molecule has 1 saturated carbocycles. The van der Waals surface area contributed by atoms with Crippen LogP contribution in [-0.2, 0) is 19.6 Å². The van der Waals surface area contributed by atoms with Crippen LogP contribution in [0, 0.1) is 0 Å². The van der Waals surface area contributed by atoms with Gasteiger partial charge in [-0.25, -0.2) is 13.1 Å². The lowest BCUT2D eigenvalue weighted by molar-refractivity contribution is -0.131. The van der Waals surface area contributed by atoms with Gasteiger partial charge < -0.3 is 15.8 Å². The van der Waals surface area contributed by atoms with Gasteiger partial charge in [-0.3, -0.25) is 4.79 Å². The summed E-state index contributed by atoms with van der Waals surface area (Å²) in [4.78, 5) is 12.5. The highest BCUT2D eigenvalue weighted by Gasteiger charge is 2.24. The van der Waals surface area contributed by atoms with Crippen LogP contribution in [0.4, 0.5) is 5.69 Å². The molecule has 1 fully saturated rings. The topological polar surface area (TPSA) is 111 Å². The van der Waals surface area contributed by atoms with Gasteiger partial charge in [0.25, 0.3) is 5.91 Å². The first-order valence-electron chi connectivity index (χ1n) is 8.72. The van der Waals surface area contributed by atoms with Crippen molar-refractivity contribution in [1.82, 2.24) is 4.72 Å². The van der Waals surface area contributed by atoms with Crippen molar-refractivity contribution in [3.8, 4) is 0 Å². The maximum absolute atomic E-state index is 12.4. The van der Waals surface area contributed by atoms with Gasteiger partial charge in [0, 0.05) is 18.8 Å². The average Bonchev–Trinajstić information content (AvgIpc) is 3.11. The van der Waals surface area contributed by atoms with Crippen molar-refractivity contribution < 1.29 is 17.9 Å². The second-order valence-electron chi connectivity index (χ2n) is 6.14. The van der Waals surface area contributed by atoms with Gasteiger partial charge in [-0.2, -0.15) is 0 Å². The van der Waals surface area contributed by atoms with E-state index in [4.69, 9.17) is 10.5 Å². The molecule has 4 N–H and O–H groups in total. The van der Waals surface area contributed by atoms with E-state index < -0.39 is 16.1 Å². The van der Waals surface area contributed by atoms with Gasteiger partial charge in [0.2, 0.25) is 10.0 Å². The number of ether oxygens (including phenoxy) is 1. The summed E-state index contributed by atoms with van der Waals surface area (Å²) < 4.78 is 32.6. The molecule has 0 saturated heterocycles. The Morgan fingerprint density at radius 2 is 2.04 bits per heavy atom. The van der Waals surface area contributed by atoms with Crippen molar-refractivity contribution in [2.75, 3.05) is 18.4 Å². The molecule has 1 aliphatic rings. The Kier molecular flexibility index (Phi) is 9.52. The highest BCUT2D eigenvalue weighted by atomic mass is 35.5. The Labute approximate surface area is 161 Å². The summed E-state index contributed by atoms with van der Waals surface area (Å²) >= 11 is 0. The molecular weight excluding hydrogens is 378 g/mol. The van der Waals surface area contributed by atoms with Crippen molar-refractivity contribution in [3.05, 3.63) is 24.3 Å². The molecule has 0 radical (unpaired) electrons. The fraction of sp³-hybridized carbons (Fsp3) is 0.588. The minimum Gasteiger partial charge on any atom is -0.365 e. The van der Waals surface area contributed by atoms with Crippen LogP contribution in [0.5, 0.6) is 0 Å². The van der Waals surface area contributed by atoms with Crippen LogP contribution in [0.1, 0.15) is 39.0 Å². The lowest BCUT2D eigenvalue weighted by atomic mass is 10.2. The largest absolute Gasteiger partial charge is 0.365 e. The number of carbonyl (C=O) groups is 1. The monoisotopic (exact) mass is 405 g/mol. The second kappa shape index (κ2) is 10.8. The lowest BCUT2D eigenvalue weighted by Crippen LogP contribution is -2.33. The zero-order valence-electron chi connectivity index (χ0n) is 14.9. The Morgan fingerprint density at radius 3 is 2.65 bits per heavy atom. The van der Waals surface area contributed by atoms with Gasteiger partial charge in [-0.05, 0) is 37.5 Å². The summed E-state index contributed by atoms with van der Waals surface area (Å²) in [6, 6.07) is 6.15. The number of sulfonamides is 1. The predicted molar refractivity (Wildman–Crippen MR) is 104 cm³/mol. The number of benzene rings is 1.